The predicted molar refractivity (Wildman–Crippen MR) is 104 cm³/mol. The molecule has 0 bridgehead atoms. The summed E-state index contributed by atoms with van der Waals surface area (Å²) in [6, 6.07) is 7.13. The Labute approximate surface area is 173 Å². The number of carbonyl (C=O) groups is 1. The second-order valence-corrected chi connectivity index (χ2v) is 8.24. The van der Waals surface area contributed by atoms with Crippen LogP contribution in [0.3, 0.4) is 0 Å². The van der Waals surface area contributed by atoms with Gasteiger partial charge >= 0.3 is 6.18 Å². The maximum atomic E-state index is 13.3. The van der Waals surface area contributed by atoms with E-state index in [1.165, 1.54) is 23.3 Å². The molecule has 0 spiro atoms. The lowest BCUT2D eigenvalue weighted by Gasteiger charge is -2.21. The quantitative estimate of drug-likeness (QED) is 0.559. The molecule has 5 nitrogen and oxygen atoms in total. The smallest absolute Gasteiger partial charge is 0.329 e. The third kappa shape index (κ3) is 4.30. The van der Waals surface area contributed by atoms with Gasteiger partial charge in [0, 0.05) is 35.3 Å². The molecule has 2 heterocycles. The van der Waals surface area contributed by atoms with Gasteiger partial charge in [0.1, 0.15) is 5.01 Å². The van der Waals surface area contributed by atoms with E-state index in [2.05, 4.69) is 10.1 Å². The monoisotopic (exact) mass is 440 g/mol. The van der Waals surface area contributed by atoms with Crippen LogP contribution in [-0.4, -0.2) is 31.6 Å². The fourth-order valence-electron chi connectivity index (χ4n) is 3.04. The second-order valence-electron chi connectivity index (χ2n) is 6.86. The highest BCUT2D eigenvalue weighted by Crippen LogP contribution is 2.35. The van der Waals surface area contributed by atoms with Gasteiger partial charge in [-0.25, -0.2) is 4.98 Å². The molecule has 1 saturated carbocycles. The van der Waals surface area contributed by atoms with Crippen molar-refractivity contribution in [1.82, 2.24) is 19.7 Å². The van der Waals surface area contributed by atoms with Gasteiger partial charge in [-0.1, -0.05) is 23.7 Å². The number of aryl methyl sites for hydroxylation is 1. The van der Waals surface area contributed by atoms with Gasteiger partial charge in [-0.3, -0.25) is 9.48 Å². The van der Waals surface area contributed by atoms with Crippen molar-refractivity contribution in [2.24, 2.45) is 7.05 Å². The van der Waals surface area contributed by atoms with E-state index in [-0.39, 0.29) is 12.6 Å². The van der Waals surface area contributed by atoms with Crippen LogP contribution in [0.2, 0.25) is 5.02 Å². The van der Waals surface area contributed by atoms with Gasteiger partial charge < -0.3 is 4.90 Å². The number of amides is 1. The number of carbonyl (C=O) groups excluding carboxylic acids is 1. The summed E-state index contributed by atoms with van der Waals surface area (Å²) in [6.45, 7) is 0.161. The summed E-state index contributed by atoms with van der Waals surface area (Å²) in [4.78, 5) is 19.0. The molecule has 10 heteroatoms. The van der Waals surface area contributed by atoms with Gasteiger partial charge in [0.25, 0.3) is 5.91 Å². The molecule has 0 aliphatic heterocycles. The molecule has 0 saturated heterocycles. The maximum Gasteiger partial charge on any atom is 0.435 e. The minimum Gasteiger partial charge on any atom is -0.329 e. The van der Waals surface area contributed by atoms with Gasteiger partial charge in [-0.05, 0) is 25.0 Å². The van der Waals surface area contributed by atoms with E-state index in [9.17, 15) is 18.0 Å². The zero-order chi connectivity index (χ0) is 20.8. The van der Waals surface area contributed by atoms with Crippen molar-refractivity contribution in [3.05, 3.63) is 57.1 Å². The lowest BCUT2D eigenvalue weighted by Crippen LogP contribution is -2.33. The fourth-order valence-corrected chi connectivity index (χ4v) is 3.97. The van der Waals surface area contributed by atoms with Crippen LogP contribution >= 0.6 is 22.9 Å². The van der Waals surface area contributed by atoms with Crippen LogP contribution in [0.1, 0.15) is 33.9 Å². The molecule has 1 amide bonds. The zero-order valence-corrected chi connectivity index (χ0v) is 16.9. The molecular formula is C19H16ClF3N4OS. The highest BCUT2D eigenvalue weighted by molar-refractivity contribution is 7.09. The summed E-state index contributed by atoms with van der Waals surface area (Å²) in [7, 11) is 1.37. The maximum absolute atomic E-state index is 13.3. The number of hydrogen-bond donors (Lipinski definition) is 0. The van der Waals surface area contributed by atoms with E-state index in [0.717, 1.165) is 35.0 Å². The first-order chi connectivity index (χ1) is 13.7. The van der Waals surface area contributed by atoms with Gasteiger partial charge in [0.2, 0.25) is 0 Å². The summed E-state index contributed by atoms with van der Waals surface area (Å²) in [6.07, 6.45) is -2.03. The SMILES string of the molecule is Cn1cc(C(=O)N(Cc2nc(-c3ccc(Cl)cc3)cs2)C2CC2)c(C(F)(F)F)n1. The fraction of sp³-hybridized carbons (Fsp3) is 0.316. The highest BCUT2D eigenvalue weighted by atomic mass is 35.5. The van der Waals surface area contributed by atoms with Crippen LogP contribution in [0.4, 0.5) is 13.2 Å². The number of benzene rings is 1. The highest BCUT2D eigenvalue weighted by Gasteiger charge is 2.42. The third-order valence-electron chi connectivity index (χ3n) is 4.57. The van der Waals surface area contributed by atoms with Crippen molar-refractivity contribution in [3.63, 3.8) is 0 Å². The van der Waals surface area contributed by atoms with E-state index >= 15 is 0 Å². The number of hydrogen-bond acceptors (Lipinski definition) is 4. The van der Waals surface area contributed by atoms with Gasteiger partial charge in [0.15, 0.2) is 5.69 Å². The van der Waals surface area contributed by atoms with Crippen LogP contribution < -0.4 is 0 Å². The summed E-state index contributed by atoms with van der Waals surface area (Å²) in [5.74, 6) is -0.670. The first-order valence-corrected chi connectivity index (χ1v) is 10.1. The van der Waals surface area contributed by atoms with E-state index in [4.69, 9.17) is 11.6 Å². The number of aromatic nitrogens is 3. The van der Waals surface area contributed by atoms with Gasteiger partial charge in [-0.15, -0.1) is 11.3 Å². The third-order valence-corrected chi connectivity index (χ3v) is 5.66. The molecule has 2 aromatic heterocycles. The van der Waals surface area contributed by atoms with Crippen molar-refractivity contribution in [2.45, 2.75) is 31.6 Å². The summed E-state index contributed by atoms with van der Waals surface area (Å²) >= 11 is 7.27. The summed E-state index contributed by atoms with van der Waals surface area (Å²) < 4.78 is 40.9. The number of nitrogens with zero attached hydrogens (tertiary/aromatic N) is 4. The number of alkyl halides is 3. The Morgan fingerprint density at radius 1 is 1.31 bits per heavy atom. The Hall–Kier alpha value is -2.39. The largest absolute Gasteiger partial charge is 0.435 e. The van der Waals surface area contributed by atoms with Crippen molar-refractivity contribution >= 4 is 28.8 Å². The van der Waals surface area contributed by atoms with Crippen LogP contribution in [0.15, 0.2) is 35.8 Å². The Balaban J connectivity index is 1.58. The van der Waals surface area contributed by atoms with Crippen molar-refractivity contribution in [2.75, 3.05) is 0 Å². The standard InChI is InChI=1S/C19H16ClF3N4OS/c1-26-8-14(17(25-26)19(21,22)23)18(28)27(13-6-7-13)9-16-24-15(10-29-16)11-2-4-12(20)5-3-11/h2-5,8,10,13H,6-7,9H2,1H3. The van der Waals surface area contributed by atoms with Crippen molar-refractivity contribution in [1.29, 1.82) is 0 Å². The lowest BCUT2D eigenvalue weighted by atomic mass is 10.2. The topological polar surface area (TPSA) is 51.0 Å². The first-order valence-electron chi connectivity index (χ1n) is 8.84. The average Bonchev–Trinajstić information content (AvgIpc) is 3.25. The zero-order valence-electron chi connectivity index (χ0n) is 15.3. The normalized spacial score (nSPS) is 14.2. The van der Waals surface area contributed by atoms with Gasteiger partial charge in [0.05, 0.1) is 17.8 Å². The second kappa shape index (κ2) is 7.46. The first kappa shape index (κ1) is 19.9. The molecule has 29 heavy (non-hydrogen) atoms. The minimum atomic E-state index is -4.69. The van der Waals surface area contributed by atoms with Crippen LogP contribution in [-0.2, 0) is 19.8 Å². The molecular weight excluding hydrogens is 425 g/mol. The molecule has 1 aliphatic rings. The summed E-state index contributed by atoms with van der Waals surface area (Å²) in [5.41, 5.74) is 0.0352. The Bertz CT molecular complexity index is 1040. The molecule has 3 aromatic rings. The molecule has 0 unspecified atom stereocenters. The van der Waals surface area contributed by atoms with Crippen LogP contribution in [0.5, 0.6) is 0 Å². The molecule has 1 aromatic carbocycles. The minimum absolute atomic E-state index is 0.0772. The van der Waals surface area contributed by atoms with Gasteiger partial charge in [-0.2, -0.15) is 18.3 Å². The van der Waals surface area contributed by atoms with E-state index in [1.807, 2.05) is 17.5 Å². The number of thiazole rings is 1. The van der Waals surface area contributed by atoms with E-state index < -0.39 is 23.3 Å². The molecule has 4 rings (SSSR count). The lowest BCUT2D eigenvalue weighted by molar-refractivity contribution is -0.141. The van der Waals surface area contributed by atoms with E-state index in [1.54, 1.807) is 12.1 Å². The van der Waals surface area contributed by atoms with Crippen LogP contribution in [0.25, 0.3) is 11.3 Å². The Morgan fingerprint density at radius 3 is 2.62 bits per heavy atom. The average molecular weight is 441 g/mol. The molecule has 0 atom stereocenters. The molecule has 0 N–H and O–H groups in total. The van der Waals surface area contributed by atoms with Crippen LogP contribution in [0, 0.1) is 0 Å². The molecule has 0 radical (unpaired) electrons. The Kier molecular flexibility index (Phi) is 5.12. The van der Waals surface area contributed by atoms with Crippen molar-refractivity contribution < 1.29 is 18.0 Å². The van der Waals surface area contributed by atoms with Crippen molar-refractivity contribution in [3.8, 4) is 11.3 Å². The molecule has 1 aliphatic carbocycles. The molecule has 152 valence electrons. The Morgan fingerprint density at radius 2 is 2.00 bits per heavy atom. The number of halogens is 4. The number of rotatable bonds is 5. The van der Waals surface area contributed by atoms with E-state index in [0.29, 0.717) is 10.0 Å². The summed E-state index contributed by atoms with van der Waals surface area (Å²) in [5, 5.41) is 6.58. The predicted octanol–water partition coefficient (Wildman–Crippen LogP) is 5.02. The molecule has 1 fully saturated rings.